The van der Waals surface area contributed by atoms with Crippen molar-refractivity contribution in [1.82, 2.24) is 14.9 Å². The van der Waals surface area contributed by atoms with Crippen molar-refractivity contribution in [2.24, 2.45) is 5.92 Å². The van der Waals surface area contributed by atoms with E-state index >= 15 is 0 Å². The van der Waals surface area contributed by atoms with Crippen LogP contribution in [0.3, 0.4) is 0 Å². The molecule has 0 radical (unpaired) electrons. The zero-order valence-corrected chi connectivity index (χ0v) is 20.1. The number of aromatic nitrogens is 2. The van der Waals surface area contributed by atoms with Gasteiger partial charge in [0.15, 0.2) is 5.11 Å². The van der Waals surface area contributed by atoms with Crippen LogP contribution in [-0.2, 0) is 4.79 Å². The quantitative estimate of drug-likeness (QED) is 0.398. The highest BCUT2D eigenvalue weighted by Crippen LogP contribution is 2.26. The van der Waals surface area contributed by atoms with Gasteiger partial charge in [0.2, 0.25) is 5.91 Å². The van der Waals surface area contributed by atoms with Crippen LogP contribution in [0.2, 0.25) is 0 Å². The van der Waals surface area contributed by atoms with Gasteiger partial charge in [-0.25, -0.2) is 4.98 Å². The Morgan fingerprint density at radius 3 is 2.26 bits per heavy atom. The minimum atomic E-state index is -0.822. The minimum absolute atomic E-state index is 0.169. The Labute approximate surface area is 203 Å². The summed E-state index contributed by atoms with van der Waals surface area (Å²) in [6, 6.07) is 23.5. The minimum Gasteiger partial charge on any atom is -0.332 e. The van der Waals surface area contributed by atoms with Crippen molar-refractivity contribution >= 4 is 39.8 Å². The topological polar surface area (TPSA) is 76.0 Å². The van der Waals surface area contributed by atoms with E-state index in [4.69, 9.17) is 17.2 Å². The van der Waals surface area contributed by atoms with Crippen molar-refractivity contribution in [2.75, 3.05) is 5.32 Å². The van der Waals surface area contributed by atoms with Gasteiger partial charge in [-0.1, -0.05) is 74.0 Å². The summed E-state index contributed by atoms with van der Waals surface area (Å²) < 4.78 is 1.49. The highest BCUT2D eigenvalue weighted by Gasteiger charge is 2.29. The van der Waals surface area contributed by atoms with Gasteiger partial charge in [-0.15, -0.1) is 0 Å². The molecule has 0 aliphatic rings. The number of nitrogens with zero attached hydrogens (tertiary/aromatic N) is 2. The van der Waals surface area contributed by atoms with Crippen LogP contribution in [0.5, 0.6) is 0 Å². The van der Waals surface area contributed by atoms with Crippen molar-refractivity contribution in [3.8, 4) is 11.4 Å². The van der Waals surface area contributed by atoms with Gasteiger partial charge in [0.05, 0.1) is 10.9 Å². The first-order valence-electron chi connectivity index (χ1n) is 11.1. The predicted octanol–water partition coefficient (Wildman–Crippen LogP) is 5.08. The van der Waals surface area contributed by atoms with Gasteiger partial charge in [0, 0.05) is 11.3 Å². The number of thiocarbonyl (C=S) groups is 1. The molecule has 1 amide bonds. The number of hydrogen-bond donors (Lipinski definition) is 2. The fourth-order valence-electron chi connectivity index (χ4n) is 3.90. The number of para-hydroxylation sites is 1. The molecule has 0 aliphatic heterocycles. The highest BCUT2D eigenvalue weighted by atomic mass is 32.1. The Morgan fingerprint density at radius 2 is 1.59 bits per heavy atom. The second-order valence-electron chi connectivity index (χ2n) is 8.49. The molecule has 0 aliphatic carbocycles. The van der Waals surface area contributed by atoms with Crippen LogP contribution in [0.4, 0.5) is 5.69 Å². The molecule has 1 heterocycles. The number of anilines is 1. The molecular formula is C27H26N4O2S. The molecule has 4 aromatic rings. The number of benzene rings is 3. The van der Waals surface area contributed by atoms with Crippen LogP contribution in [0.1, 0.15) is 25.5 Å². The molecule has 4 rings (SSSR count). The van der Waals surface area contributed by atoms with Gasteiger partial charge < -0.3 is 10.6 Å². The van der Waals surface area contributed by atoms with Gasteiger partial charge in [0.25, 0.3) is 5.56 Å². The Kier molecular flexibility index (Phi) is 6.84. The number of carbonyl (C=O) groups is 1. The van der Waals surface area contributed by atoms with Gasteiger partial charge in [-0.2, -0.15) is 0 Å². The lowest BCUT2D eigenvalue weighted by Gasteiger charge is -2.26. The first-order valence-corrected chi connectivity index (χ1v) is 11.5. The number of nitrogens with one attached hydrogen (secondary N) is 2. The number of amides is 1. The summed E-state index contributed by atoms with van der Waals surface area (Å²) in [5, 5.41) is 6.43. The molecule has 0 spiro atoms. The normalized spacial score (nSPS) is 11.9. The van der Waals surface area contributed by atoms with E-state index in [0.717, 1.165) is 16.8 Å². The summed E-state index contributed by atoms with van der Waals surface area (Å²) in [5.74, 6) is -0.142. The summed E-state index contributed by atoms with van der Waals surface area (Å²) in [4.78, 5) is 31.9. The lowest BCUT2D eigenvalue weighted by Crippen LogP contribution is -2.44. The van der Waals surface area contributed by atoms with Crippen LogP contribution in [0.15, 0.2) is 83.7 Å². The maximum Gasteiger partial charge on any atom is 0.262 e. The first-order chi connectivity index (χ1) is 16.3. The molecule has 6 nitrogen and oxygen atoms in total. The monoisotopic (exact) mass is 470 g/mol. The summed E-state index contributed by atoms with van der Waals surface area (Å²) in [7, 11) is 0. The van der Waals surface area contributed by atoms with E-state index in [-0.39, 0.29) is 22.5 Å². The Balaban J connectivity index is 1.75. The Hall–Kier alpha value is -3.84. The largest absolute Gasteiger partial charge is 0.332 e. The number of rotatable bonds is 5. The predicted molar refractivity (Wildman–Crippen MR) is 141 cm³/mol. The molecule has 1 aromatic heterocycles. The van der Waals surface area contributed by atoms with E-state index in [9.17, 15) is 9.59 Å². The van der Waals surface area contributed by atoms with Crippen molar-refractivity contribution in [3.63, 3.8) is 0 Å². The van der Waals surface area contributed by atoms with Crippen molar-refractivity contribution in [2.45, 2.75) is 26.8 Å². The summed E-state index contributed by atoms with van der Waals surface area (Å²) in [6.07, 6.45) is 0. The van der Waals surface area contributed by atoms with Gasteiger partial charge in [0.1, 0.15) is 11.9 Å². The third-order valence-corrected chi connectivity index (χ3v) is 5.77. The average molecular weight is 471 g/mol. The molecule has 0 fully saturated rings. The molecule has 3 aromatic carbocycles. The lowest BCUT2D eigenvalue weighted by molar-refractivity contribution is -0.124. The molecule has 0 saturated carbocycles. The van der Waals surface area contributed by atoms with E-state index in [1.165, 1.54) is 4.57 Å². The van der Waals surface area contributed by atoms with Crippen LogP contribution in [0.25, 0.3) is 22.3 Å². The summed E-state index contributed by atoms with van der Waals surface area (Å²) in [6.45, 7) is 5.80. The molecule has 172 valence electrons. The van der Waals surface area contributed by atoms with Gasteiger partial charge in [-0.05, 0) is 49.3 Å². The smallest absolute Gasteiger partial charge is 0.262 e. The lowest BCUT2D eigenvalue weighted by atomic mass is 10.0. The van der Waals surface area contributed by atoms with E-state index in [1.807, 2.05) is 81.4 Å². The van der Waals surface area contributed by atoms with Gasteiger partial charge >= 0.3 is 0 Å². The second kappa shape index (κ2) is 9.97. The molecule has 0 saturated heterocycles. The molecular weight excluding hydrogens is 444 g/mol. The molecule has 1 unspecified atom stereocenters. The summed E-state index contributed by atoms with van der Waals surface area (Å²) >= 11 is 5.39. The van der Waals surface area contributed by atoms with Crippen LogP contribution in [-0.4, -0.2) is 20.6 Å². The fourth-order valence-corrected chi connectivity index (χ4v) is 4.12. The van der Waals surface area contributed by atoms with Crippen LogP contribution < -0.4 is 16.2 Å². The zero-order valence-electron chi connectivity index (χ0n) is 19.3. The number of fused-ring (bicyclic) bond motifs is 1. The fraction of sp³-hybridized carbons (Fsp3) is 0.185. The molecule has 1 atom stereocenters. The molecule has 0 bridgehead atoms. The van der Waals surface area contributed by atoms with E-state index in [1.54, 1.807) is 18.2 Å². The zero-order chi connectivity index (χ0) is 24.2. The van der Waals surface area contributed by atoms with Crippen molar-refractivity contribution < 1.29 is 4.79 Å². The highest BCUT2D eigenvalue weighted by molar-refractivity contribution is 7.80. The number of aryl methyl sites for hydroxylation is 1. The molecule has 34 heavy (non-hydrogen) atoms. The standard InChI is InChI=1S/C27H26N4O2S/c1-17(2)23(25(32)30-27(34)28-20-15-13-18(3)14-16-20)31-24(19-9-5-4-6-10-19)29-22-12-8-7-11-21(22)26(31)33/h4-17,23H,1-3H3,(H2,28,30,32,34). The van der Waals surface area contributed by atoms with Crippen molar-refractivity contribution in [3.05, 3.63) is 94.8 Å². The second-order valence-corrected chi connectivity index (χ2v) is 8.90. The first kappa shape index (κ1) is 23.3. The number of carbonyl (C=O) groups excluding carboxylic acids is 1. The third kappa shape index (κ3) is 4.89. The Morgan fingerprint density at radius 1 is 0.941 bits per heavy atom. The van der Waals surface area contributed by atoms with Gasteiger partial charge in [-0.3, -0.25) is 14.2 Å². The SMILES string of the molecule is Cc1ccc(NC(=S)NC(=O)C(C(C)C)n2c(-c3ccccc3)nc3ccccc3c2=O)cc1. The van der Waals surface area contributed by atoms with E-state index in [0.29, 0.717) is 16.7 Å². The van der Waals surface area contributed by atoms with E-state index in [2.05, 4.69) is 10.6 Å². The summed E-state index contributed by atoms with van der Waals surface area (Å²) in [5.41, 5.74) is 2.96. The maximum atomic E-state index is 13.7. The third-order valence-electron chi connectivity index (χ3n) is 5.56. The molecule has 2 N–H and O–H groups in total. The van der Waals surface area contributed by atoms with E-state index < -0.39 is 6.04 Å². The van der Waals surface area contributed by atoms with Crippen LogP contribution >= 0.6 is 12.2 Å². The average Bonchev–Trinajstić information content (AvgIpc) is 2.82. The Bertz CT molecular complexity index is 1400. The van der Waals surface area contributed by atoms with Crippen LogP contribution in [0, 0.1) is 12.8 Å². The number of hydrogen-bond acceptors (Lipinski definition) is 4. The van der Waals surface area contributed by atoms with Crippen molar-refractivity contribution in [1.29, 1.82) is 0 Å². The maximum absolute atomic E-state index is 13.7. The molecule has 7 heteroatoms.